The van der Waals surface area contributed by atoms with Gasteiger partial charge in [-0.2, -0.15) is 11.3 Å². The van der Waals surface area contributed by atoms with Crippen LogP contribution in [-0.2, 0) is 20.9 Å². The van der Waals surface area contributed by atoms with Crippen molar-refractivity contribution >= 4 is 40.9 Å². The van der Waals surface area contributed by atoms with Gasteiger partial charge in [-0.05, 0) is 47.4 Å². The zero-order valence-electron chi connectivity index (χ0n) is 16.3. The number of likely N-dealkylation sites (tertiary alicyclic amines) is 1. The van der Waals surface area contributed by atoms with Crippen molar-refractivity contribution in [2.45, 2.75) is 24.3 Å². The van der Waals surface area contributed by atoms with E-state index in [1.807, 2.05) is 27.8 Å². The number of likely N-dealkylation sites (N-methyl/N-ethyl adjacent to an activating group) is 1. The summed E-state index contributed by atoms with van der Waals surface area (Å²) < 4.78 is 5.24. The molecule has 2 heterocycles. The first-order valence-corrected chi connectivity index (χ1v) is 11.4. The molecule has 1 aromatic carbocycles. The van der Waals surface area contributed by atoms with Crippen LogP contribution in [0.1, 0.15) is 28.8 Å². The molecule has 1 saturated heterocycles. The van der Waals surface area contributed by atoms with Gasteiger partial charge >= 0.3 is 5.97 Å². The summed E-state index contributed by atoms with van der Waals surface area (Å²) in [5.41, 5.74) is 1.42. The van der Waals surface area contributed by atoms with E-state index in [1.54, 1.807) is 36.6 Å². The predicted octanol–water partition coefficient (Wildman–Crippen LogP) is 3.28. The topological polar surface area (TPSA) is 66.9 Å². The number of thiophene rings is 1. The number of hydrogen-bond acceptors (Lipinski definition) is 6. The quantitative estimate of drug-likeness (QED) is 0.473. The molecule has 29 heavy (non-hydrogen) atoms. The van der Waals surface area contributed by atoms with Crippen molar-refractivity contribution in [3.63, 3.8) is 0 Å². The third-order valence-corrected chi connectivity index (χ3v) is 6.46. The zero-order chi connectivity index (χ0) is 20.6. The number of carbonyl (C=O) groups is 3. The number of amides is 2. The van der Waals surface area contributed by atoms with Gasteiger partial charge in [-0.1, -0.05) is 12.1 Å². The van der Waals surface area contributed by atoms with Gasteiger partial charge in [0.15, 0.2) is 6.61 Å². The van der Waals surface area contributed by atoms with Crippen molar-refractivity contribution in [2.75, 3.05) is 32.5 Å². The molecular weight excluding hydrogens is 408 g/mol. The van der Waals surface area contributed by atoms with Crippen molar-refractivity contribution in [3.8, 4) is 0 Å². The highest BCUT2D eigenvalue weighted by Gasteiger charge is 2.20. The van der Waals surface area contributed by atoms with Crippen LogP contribution in [0.5, 0.6) is 0 Å². The van der Waals surface area contributed by atoms with Crippen LogP contribution in [0.3, 0.4) is 0 Å². The average molecular weight is 433 g/mol. The maximum absolute atomic E-state index is 12.5. The Balaban J connectivity index is 1.52. The summed E-state index contributed by atoms with van der Waals surface area (Å²) in [7, 11) is 1.68. The first-order valence-electron chi connectivity index (χ1n) is 9.46. The van der Waals surface area contributed by atoms with Crippen molar-refractivity contribution in [3.05, 3.63) is 52.2 Å². The Bertz CT molecular complexity index is 848. The first kappa shape index (κ1) is 21.4. The smallest absolute Gasteiger partial charge is 0.339 e. The second-order valence-electron chi connectivity index (χ2n) is 6.83. The molecule has 1 aliphatic rings. The fourth-order valence-electron chi connectivity index (χ4n) is 3.02. The molecule has 1 fully saturated rings. The molecule has 1 aromatic heterocycles. The number of esters is 1. The first-order chi connectivity index (χ1) is 14.0. The van der Waals surface area contributed by atoms with E-state index in [0.29, 0.717) is 17.0 Å². The SMILES string of the molecule is CN(Cc1ccsc1)C(=O)COC(=O)c1ccccc1SCC(=O)N1CCCC1. The van der Waals surface area contributed by atoms with Gasteiger partial charge in [0, 0.05) is 31.6 Å². The average Bonchev–Trinajstić information content (AvgIpc) is 3.44. The molecule has 2 aromatic rings. The number of rotatable bonds is 8. The Morgan fingerprint density at radius 1 is 1.17 bits per heavy atom. The van der Waals surface area contributed by atoms with Gasteiger partial charge in [0.25, 0.3) is 5.91 Å². The Kier molecular flexibility index (Phi) is 7.71. The van der Waals surface area contributed by atoms with E-state index >= 15 is 0 Å². The number of carbonyl (C=O) groups excluding carboxylic acids is 3. The lowest BCUT2D eigenvalue weighted by Crippen LogP contribution is -2.30. The van der Waals surface area contributed by atoms with Crippen molar-refractivity contribution < 1.29 is 19.1 Å². The van der Waals surface area contributed by atoms with E-state index in [9.17, 15) is 14.4 Å². The number of hydrogen-bond donors (Lipinski definition) is 0. The minimum Gasteiger partial charge on any atom is -0.452 e. The highest BCUT2D eigenvalue weighted by molar-refractivity contribution is 8.00. The van der Waals surface area contributed by atoms with Gasteiger partial charge in [0.2, 0.25) is 5.91 Å². The van der Waals surface area contributed by atoms with Gasteiger partial charge in [-0.15, -0.1) is 11.8 Å². The zero-order valence-corrected chi connectivity index (χ0v) is 18.0. The number of ether oxygens (including phenoxy) is 1. The number of thioether (sulfide) groups is 1. The minimum absolute atomic E-state index is 0.0842. The molecule has 2 amide bonds. The Labute approximate surface area is 178 Å². The Morgan fingerprint density at radius 3 is 2.66 bits per heavy atom. The normalized spacial score (nSPS) is 13.3. The molecule has 0 atom stereocenters. The summed E-state index contributed by atoms with van der Waals surface area (Å²) in [4.78, 5) is 41.1. The molecule has 0 spiro atoms. The summed E-state index contributed by atoms with van der Waals surface area (Å²) in [6, 6.07) is 8.97. The molecule has 0 bridgehead atoms. The van der Waals surface area contributed by atoms with Gasteiger partial charge in [-0.3, -0.25) is 9.59 Å². The lowest BCUT2D eigenvalue weighted by molar-refractivity contribution is -0.133. The molecule has 6 nitrogen and oxygen atoms in total. The maximum atomic E-state index is 12.5. The Hall–Kier alpha value is -2.32. The number of nitrogens with zero attached hydrogens (tertiary/aromatic N) is 2. The van der Waals surface area contributed by atoms with Crippen molar-refractivity contribution in [1.82, 2.24) is 9.80 Å². The molecule has 0 radical (unpaired) electrons. The minimum atomic E-state index is -0.556. The van der Waals surface area contributed by atoms with Crippen LogP contribution in [0.4, 0.5) is 0 Å². The van der Waals surface area contributed by atoms with Crippen LogP contribution in [0.15, 0.2) is 46.0 Å². The number of benzene rings is 1. The standard InChI is InChI=1S/C21H24N2O4S2/c1-22(12-16-8-11-28-14-16)19(24)13-27-21(26)17-6-2-3-7-18(17)29-15-20(25)23-9-4-5-10-23/h2-3,6-8,11,14H,4-5,9-10,12-13,15H2,1H3. The fourth-order valence-corrected chi connectivity index (χ4v) is 4.62. The lowest BCUT2D eigenvalue weighted by atomic mass is 10.2. The summed E-state index contributed by atoms with van der Waals surface area (Å²) in [5.74, 6) is -0.453. The van der Waals surface area contributed by atoms with Crippen molar-refractivity contribution in [2.24, 2.45) is 0 Å². The second kappa shape index (κ2) is 10.5. The second-order valence-corrected chi connectivity index (χ2v) is 8.63. The third-order valence-electron chi connectivity index (χ3n) is 4.67. The molecule has 3 rings (SSSR count). The molecule has 0 N–H and O–H groups in total. The summed E-state index contributed by atoms with van der Waals surface area (Å²) in [6.45, 7) is 1.78. The van der Waals surface area contributed by atoms with E-state index < -0.39 is 5.97 Å². The van der Waals surface area contributed by atoms with Gasteiger partial charge in [-0.25, -0.2) is 4.79 Å². The maximum Gasteiger partial charge on any atom is 0.339 e. The monoisotopic (exact) mass is 432 g/mol. The molecule has 0 unspecified atom stereocenters. The Morgan fingerprint density at radius 2 is 1.93 bits per heavy atom. The van der Waals surface area contributed by atoms with E-state index in [4.69, 9.17) is 4.74 Å². The lowest BCUT2D eigenvalue weighted by Gasteiger charge is -2.17. The van der Waals surface area contributed by atoms with Gasteiger partial charge in [0.05, 0.1) is 11.3 Å². The van der Waals surface area contributed by atoms with Crippen LogP contribution in [0.2, 0.25) is 0 Å². The fraction of sp³-hybridized carbons (Fsp3) is 0.381. The largest absolute Gasteiger partial charge is 0.452 e. The van der Waals surface area contributed by atoms with E-state index in [0.717, 1.165) is 31.5 Å². The van der Waals surface area contributed by atoms with Crippen LogP contribution >= 0.6 is 23.1 Å². The molecular formula is C21H24N2O4S2. The highest BCUT2D eigenvalue weighted by Crippen LogP contribution is 2.24. The van der Waals surface area contributed by atoms with Gasteiger partial charge in [0.1, 0.15) is 0 Å². The van der Waals surface area contributed by atoms with Crippen LogP contribution < -0.4 is 0 Å². The van der Waals surface area contributed by atoms with Crippen molar-refractivity contribution in [1.29, 1.82) is 0 Å². The third kappa shape index (κ3) is 6.08. The summed E-state index contributed by atoms with van der Waals surface area (Å²) >= 11 is 2.90. The van der Waals surface area contributed by atoms with E-state index in [1.165, 1.54) is 16.7 Å². The summed E-state index contributed by atoms with van der Waals surface area (Å²) in [6.07, 6.45) is 2.10. The van der Waals surface area contributed by atoms with Crippen LogP contribution in [-0.4, -0.2) is 60.1 Å². The van der Waals surface area contributed by atoms with Crippen LogP contribution in [0.25, 0.3) is 0 Å². The summed E-state index contributed by atoms with van der Waals surface area (Å²) in [5, 5.41) is 3.93. The predicted molar refractivity (Wildman–Crippen MR) is 114 cm³/mol. The van der Waals surface area contributed by atoms with E-state index in [2.05, 4.69) is 0 Å². The molecule has 1 aliphatic heterocycles. The molecule has 0 saturated carbocycles. The molecule has 8 heteroatoms. The van der Waals surface area contributed by atoms with Crippen LogP contribution in [0, 0.1) is 0 Å². The highest BCUT2D eigenvalue weighted by atomic mass is 32.2. The molecule has 154 valence electrons. The van der Waals surface area contributed by atoms with Gasteiger partial charge < -0.3 is 14.5 Å². The molecule has 0 aliphatic carbocycles. The van der Waals surface area contributed by atoms with E-state index in [-0.39, 0.29) is 24.2 Å².